The molecule has 6 heteroatoms. The fourth-order valence-electron chi connectivity index (χ4n) is 3.91. The Balaban J connectivity index is 1.40. The van der Waals surface area contributed by atoms with Crippen molar-refractivity contribution in [2.45, 2.75) is 51.2 Å². The van der Waals surface area contributed by atoms with Crippen LogP contribution in [0.4, 0.5) is 5.82 Å². The van der Waals surface area contributed by atoms with Gasteiger partial charge in [-0.15, -0.1) is 0 Å². The lowest BCUT2D eigenvalue weighted by Crippen LogP contribution is -2.46. The highest BCUT2D eigenvalue weighted by molar-refractivity contribution is 5.43. The maximum atomic E-state index is 11.8. The molecule has 4 rings (SSSR count). The van der Waals surface area contributed by atoms with Gasteiger partial charge in [0.15, 0.2) is 0 Å². The molecule has 1 saturated heterocycles. The molecule has 1 saturated carbocycles. The van der Waals surface area contributed by atoms with E-state index in [-0.39, 0.29) is 5.56 Å². The molecular formula is C20H27N5O. The van der Waals surface area contributed by atoms with Crippen LogP contribution in [-0.4, -0.2) is 44.6 Å². The van der Waals surface area contributed by atoms with Crippen LogP contribution in [0.2, 0.25) is 0 Å². The molecule has 0 bridgehead atoms. The number of anilines is 1. The molecule has 0 N–H and O–H groups in total. The highest BCUT2D eigenvalue weighted by Crippen LogP contribution is 2.35. The standard InChI is InChI=1S/C20H27N5O/c1-15-11-19(22-14-21-15)25(17-3-4-17)18-6-9-24(10-7-18)13-16-5-8-23(2)20(26)12-16/h5,8,11-12,14,17-18H,3-4,6-7,9-10,13H2,1-2H3. The fourth-order valence-corrected chi connectivity index (χ4v) is 3.91. The second-order valence-corrected chi connectivity index (χ2v) is 7.65. The lowest BCUT2D eigenvalue weighted by molar-refractivity contribution is 0.200. The highest BCUT2D eigenvalue weighted by atomic mass is 16.1. The summed E-state index contributed by atoms with van der Waals surface area (Å²) in [4.78, 5) is 25.6. The second kappa shape index (κ2) is 7.19. The number of likely N-dealkylation sites (tertiary alicyclic amines) is 1. The maximum Gasteiger partial charge on any atom is 0.250 e. The molecule has 0 radical (unpaired) electrons. The van der Waals surface area contributed by atoms with Crippen LogP contribution in [0.15, 0.2) is 35.5 Å². The van der Waals surface area contributed by atoms with Crippen LogP contribution in [0.5, 0.6) is 0 Å². The molecule has 138 valence electrons. The molecule has 2 aromatic heterocycles. The fraction of sp³-hybridized carbons (Fsp3) is 0.550. The summed E-state index contributed by atoms with van der Waals surface area (Å²) in [6, 6.07) is 7.12. The van der Waals surface area contributed by atoms with Crippen LogP contribution >= 0.6 is 0 Å². The predicted octanol–water partition coefficient (Wildman–Crippen LogP) is 2.12. The van der Waals surface area contributed by atoms with E-state index in [0.717, 1.165) is 49.6 Å². The Morgan fingerprint density at radius 2 is 1.85 bits per heavy atom. The monoisotopic (exact) mass is 353 g/mol. The predicted molar refractivity (Wildman–Crippen MR) is 102 cm³/mol. The summed E-state index contributed by atoms with van der Waals surface area (Å²) in [7, 11) is 1.79. The number of nitrogens with zero attached hydrogens (tertiary/aromatic N) is 5. The Kier molecular flexibility index (Phi) is 4.76. The molecular weight excluding hydrogens is 326 g/mol. The van der Waals surface area contributed by atoms with Gasteiger partial charge in [0.05, 0.1) is 0 Å². The first-order chi connectivity index (χ1) is 12.6. The van der Waals surface area contributed by atoms with Gasteiger partial charge in [0.1, 0.15) is 12.1 Å². The minimum Gasteiger partial charge on any atom is -0.350 e. The second-order valence-electron chi connectivity index (χ2n) is 7.65. The maximum absolute atomic E-state index is 11.8. The molecule has 0 unspecified atom stereocenters. The quantitative estimate of drug-likeness (QED) is 0.824. The molecule has 2 fully saturated rings. The van der Waals surface area contributed by atoms with E-state index in [1.54, 1.807) is 24.0 Å². The zero-order valence-electron chi connectivity index (χ0n) is 15.6. The Morgan fingerprint density at radius 3 is 2.50 bits per heavy atom. The van der Waals surface area contributed by atoms with Crippen molar-refractivity contribution in [1.29, 1.82) is 0 Å². The molecule has 0 atom stereocenters. The lowest BCUT2D eigenvalue weighted by atomic mass is 10.0. The normalized spacial score (nSPS) is 18.8. The minimum absolute atomic E-state index is 0.0661. The van der Waals surface area contributed by atoms with Gasteiger partial charge in [-0.25, -0.2) is 9.97 Å². The first kappa shape index (κ1) is 17.2. The average Bonchev–Trinajstić information content (AvgIpc) is 3.45. The molecule has 26 heavy (non-hydrogen) atoms. The first-order valence-electron chi connectivity index (χ1n) is 9.55. The molecule has 2 aromatic rings. The summed E-state index contributed by atoms with van der Waals surface area (Å²) in [5.74, 6) is 1.09. The third kappa shape index (κ3) is 3.80. The van der Waals surface area contributed by atoms with Crippen molar-refractivity contribution >= 4 is 5.82 Å². The summed E-state index contributed by atoms with van der Waals surface area (Å²) < 4.78 is 1.62. The van der Waals surface area contributed by atoms with E-state index in [2.05, 4.69) is 25.8 Å². The van der Waals surface area contributed by atoms with Gasteiger partial charge < -0.3 is 9.47 Å². The molecule has 1 aliphatic heterocycles. The van der Waals surface area contributed by atoms with E-state index >= 15 is 0 Å². The van der Waals surface area contributed by atoms with Crippen molar-refractivity contribution in [2.75, 3.05) is 18.0 Å². The van der Waals surface area contributed by atoms with Crippen molar-refractivity contribution in [3.63, 3.8) is 0 Å². The molecule has 0 spiro atoms. The topological polar surface area (TPSA) is 54.3 Å². The Labute approximate surface area is 154 Å². The number of aromatic nitrogens is 3. The largest absolute Gasteiger partial charge is 0.350 e. The number of pyridine rings is 1. The first-order valence-corrected chi connectivity index (χ1v) is 9.55. The number of rotatable bonds is 5. The van der Waals surface area contributed by atoms with E-state index in [4.69, 9.17) is 0 Å². The van der Waals surface area contributed by atoms with Crippen LogP contribution < -0.4 is 10.5 Å². The van der Waals surface area contributed by atoms with E-state index in [9.17, 15) is 4.79 Å². The average molecular weight is 353 g/mol. The lowest BCUT2D eigenvalue weighted by Gasteiger charge is -2.39. The van der Waals surface area contributed by atoms with Crippen LogP contribution in [-0.2, 0) is 13.6 Å². The van der Waals surface area contributed by atoms with E-state index in [0.29, 0.717) is 12.1 Å². The number of aryl methyl sites for hydroxylation is 2. The van der Waals surface area contributed by atoms with Crippen LogP contribution in [0.25, 0.3) is 0 Å². The SMILES string of the molecule is Cc1cc(N(C2CC2)C2CCN(Cc3ccn(C)c(=O)c3)CC2)ncn1. The van der Waals surface area contributed by atoms with Gasteiger partial charge in [0.25, 0.3) is 5.56 Å². The smallest absolute Gasteiger partial charge is 0.250 e. The zero-order valence-corrected chi connectivity index (χ0v) is 15.6. The van der Waals surface area contributed by atoms with Crippen LogP contribution in [0, 0.1) is 6.92 Å². The summed E-state index contributed by atoms with van der Waals surface area (Å²) in [6.07, 6.45) is 8.38. The van der Waals surface area contributed by atoms with Gasteiger partial charge >= 0.3 is 0 Å². The Bertz CT molecular complexity index is 821. The summed E-state index contributed by atoms with van der Waals surface area (Å²) in [5, 5.41) is 0. The third-order valence-corrected chi connectivity index (χ3v) is 5.52. The van der Waals surface area contributed by atoms with Gasteiger partial charge in [0, 0.05) is 62.8 Å². The van der Waals surface area contributed by atoms with Crippen LogP contribution in [0.3, 0.4) is 0 Å². The van der Waals surface area contributed by atoms with Crippen molar-refractivity contribution < 1.29 is 0 Å². The van der Waals surface area contributed by atoms with Gasteiger partial charge in [0.2, 0.25) is 0 Å². The van der Waals surface area contributed by atoms with E-state index in [1.165, 1.54) is 12.8 Å². The number of piperidine rings is 1. The van der Waals surface area contributed by atoms with Crippen molar-refractivity contribution in [1.82, 2.24) is 19.4 Å². The third-order valence-electron chi connectivity index (χ3n) is 5.52. The zero-order chi connectivity index (χ0) is 18.1. The molecule has 0 amide bonds. The molecule has 0 aromatic carbocycles. The van der Waals surface area contributed by atoms with Gasteiger partial charge in [-0.1, -0.05) is 0 Å². The van der Waals surface area contributed by atoms with Gasteiger partial charge in [-0.05, 0) is 44.2 Å². The van der Waals surface area contributed by atoms with Crippen molar-refractivity contribution in [3.05, 3.63) is 52.3 Å². The Hall–Kier alpha value is -2.21. The summed E-state index contributed by atoms with van der Waals surface area (Å²) in [5.41, 5.74) is 2.21. The number of hydrogen-bond acceptors (Lipinski definition) is 5. The summed E-state index contributed by atoms with van der Waals surface area (Å²) in [6.45, 7) is 5.02. The Morgan fingerprint density at radius 1 is 1.12 bits per heavy atom. The van der Waals surface area contributed by atoms with E-state index < -0.39 is 0 Å². The molecule has 1 aliphatic carbocycles. The van der Waals surface area contributed by atoms with Crippen LogP contribution in [0.1, 0.15) is 36.9 Å². The molecule has 6 nitrogen and oxygen atoms in total. The van der Waals surface area contributed by atoms with Gasteiger partial charge in [-0.2, -0.15) is 0 Å². The summed E-state index contributed by atoms with van der Waals surface area (Å²) >= 11 is 0. The number of hydrogen-bond donors (Lipinski definition) is 0. The highest BCUT2D eigenvalue weighted by Gasteiger charge is 2.36. The molecule has 3 heterocycles. The van der Waals surface area contributed by atoms with E-state index in [1.807, 2.05) is 19.2 Å². The van der Waals surface area contributed by atoms with Crippen molar-refractivity contribution in [2.24, 2.45) is 7.05 Å². The molecule has 2 aliphatic rings. The van der Waals surface area contributed by atoms with Crippen molar-refractivity contribution in [3.8, 4) is 0 Å². The van der Waals surface area contributed by atoms with Gasteiger partial charge in [-0.3, -0.25) is 9.69 Å². The minimum atomic E-state index is 0.0661.